The lowest BCUT2D eigenvalue weighted by molar-refractivity contribution is -0.123. The van der Waals surface area contributed by atoms with E-state index in [4.69, 9.17) is 5.10 Å². The van der Waals surface area contributed by atoms with E-state index in [1.165, 1.54) is 12.0 Å². The summed E-state index contributed by atoms with van der Waals surface area (Å²) < 4.78 is 1.87. The number of nitriles is 1. The van der Waals surface area contributed by atoms with E-state index in [1.54, 1.807) is 13.0 Å². The van der Waals surface area contributed by atoms with Gasteiger partial charge in [-0.15, -0.1) is 0 Å². The smallest absolute Gasteiger partial charge is 0.136 e. The van der Waals surface area contributed by atoms with Gasteiger partial charge in [0, 0.05) is 24.6 Å². The Hall–Kier alpha value is -2.97. The molecule has 1 atom stereocenters. The molecule has 30 heavy (non-hydrogen) atoms. The molecule has 1 N–H and O–H groups in total. The number of carbonyl (C=O) groups is 1. The Labute approximate surface area is 177 Å². The number of hydrogen-bond donors (Lipinski definition) is 1. The number of rotatable bonds is 8. The van der Waals surface area contributed by atoms with Gasteiger partial charge in [-0.1, -0.05) is 36.8 Å². The summed E-state index contributed by atoms with van der Waals surface area (Å²) in [5.74, 6) is 0.561. The van der Waals surface area contributed by atoms with Crippen LogP contribution in [0.1, 0.15) is 73.8 Å². The molecule has 1 aliphatic carbocycles. The van der Waals surface area contributed by atoms with E-state index < -0.39 is 5.60 Å². The summed E-state index contributed by atoms with van der Waals surface area (Å²) in [7, 11) is 0. The Balaban J connectivity index is 1.44. The molecular weight excluding hydrogens is 374 g/mol. The minimum Gasteiger partial charge on any atom is -0.385 e. The lowest BCUT2D eigenvalue weighted by Gasteiger charge is -2.26. The van der Waals surface area contributed by atoms with E-state index in [1.807, 2.05) is 47.1 Å². The van der Waals surface area contributed by atoms with E-state index >= 15 is 0 Å². The number of nitrogens with zero attached hydrogens (tertiary/aromatic N) is 3. The molecule has 5 heteroatoms. The lowest BCUT2D eigenvalue weighted by atomic mass is 9.78. The zero-order valence-corrected chi connectivity index (χ0v) is 17.3. The summed E-state index contributed by atoms with van der Waals surface area (Å²) in [6.07, 6.45) is 7.36. The predicted octanol–water partition coefficient (Wildman–Crippen LogP) is 4.66. The van der Waals surface area contributed by atoms with Crippen molar-refractivity contribution >= 4 is 11.3 Å². The van der Waals surface area contributed by atoms with E-state index in [0.29, 0.717) is 24.3 Å². The number of aromatic nitrogens is 2. The highest BCUT2D eigenvalue weighted by molar-refractivity contribution is 5.79. The molecule has 2 aromatic heterocycles. The second-order valence-electron chi connectivity index (χ2n) is 8.55. The zero-order valence-electron chi connectivity index (χ0n) is 17.3. The van der Waals surface area contributed by atoms with Gasteiger partial charge in [-0.3, -0.25) is 4.79 Å². The van der Waals surface area contributed by atoms with E-state index in [9.17, 15) is 15.2 Å². The van der Waals surface area contributed by atoms with Crippen LogP contribution in [0.15, 0.2) is 48.7 Å². The second-order valence-corrected chi connectivity index (χ2v) is 8.55. The summed E-state index contributed by atoms with van der Waals surface area (Å²) in [5.41, 5.74) is 3.57. The molecule has 0 saturated heterocycles. The van der Waals surface area contributed by atoms with Crippen LogP contribution in [0.4, 0.5) is 0 Å². The molecule has 4 rings (SSSR count). The van der Waals surface area contributed by atoms with Crippen molar-refractivity contribution in [2.24, 2.45) is 0 Å². The van der Waals surface area contributed by atoms with Gasteiger partial charge in [0.1, 0.15) is 5.78 Å². The van der Waals surface area contributed by atoms with Crippen molar-refractivity contribution in [3.05, 3.63) is 71.0 Å². The maximum absolute atomic E-state index is 12.5. The van der Waals surface area contributed by atoms with Gasteiger partial charge >= 0.3 is 0 Å². The Morgan fingerprint density at radius 2 is 2.07 bits per heavy atom. The highest BCUT2D eigenvalue weighted by atomic mass is 16.3. The first kappa shape index (κ1) is 20.3. The van der Waals surface area contributed by atoms with Crippen LogP contribution in [0.3, 0.4) is 0 Å². The van der Waals surface area contributed by atoms with Crippen molar-refractivity contribution in [1.82, 2.24) is 9.61 Å². The lowest BCUT2D eigenvalue weighted by Crippen LogP contribution is -2.25. The zero-order chi connectivity index (χ0) is 21.1. The van der Waals surface area contributed by atoms with Crippen LogP contribution < -0.4 is 0 Å². The van der Waals surface area contributed by atoms with Gasteiger partial charge in [-0.2, -0.15) is 10.4 Å². The van der Waals surface area contributed by atoms with Crippen LogP contribution in [0, 0.1) is 11.3 Å². The molecule has 1 saturated carbocycles. The normalized spacial score (nSPS) is 16.0. The van der Waals surface area contributed by atoms with Gasteiger partial charge in [0.2, 0.25) is 0 Å². The molecule has 0 radical (unpaired) electrons. The van der Waals surface area contributed by atoms with Crippen molar-refractivity contribution in [2.45, 2.75) is 63.4 Å². The fraction of sp³-hybridized carbons (Fsp3) is 0.400. The molecule has 0 spiro atoms. The standard InChI is InChI=1S/C25H27N3O2/c1-25(30,20-9-3-2-4-10-20)16-21(29)11-6-12-22-24(19-7-5-8-19)23-15-18(17-26)13-14-28(23)27-22/h2-4,9-10,13-15,19,30H,5-8,11-12,16H2,1H3. The second kappa shape index (κ2) is 8.41. The molecule has 154 valence electrons. The number of Topliss-reactive ketones (excluding diaryl/α,β-unsaturated/α-hetero) is 1. The highest BCUT2D eigenvalue weighted by Gasteiger charge is 2.28. The first-order chi connectivity index (χ1) is 14.5. The Bertz CT molecular complexity index is 1090. The van der Waals surface area contributed by atoms with Crippen LogP contribution in [-0.2, 0) is 16.8 Å². The van der Waals surface area contributed by atoms with Crippen LogP contribution in [0.5, 0.6) is 0 Å². The van der Waals surface area contributed by atoms with Crippen molar-refractivity contribution in [3.8, 4) is 6.07 Å². The number of benzene rings is 1. The average molecular weight is 402 g/mol. The molecule has 1 aromatic carbocycles. The van der Waals surface area contributed by atoms with Crippen LogP contribution >= 0.6 is 0 Å². The summed E-state index contributed by atoms with van der Waals surface area (Å²) in [6.45, 7) is 1.70. The molecule has 1 aliphatic rings. The maximum atomic E-state index is 12.5. The molecule has 0 aliphatic heterocycles. The predicted molar refractivity (Wildman–Crippen MR) is 115 cm³/mol. The molecule has 3 aromatic rings. The Morgan fingerprint density at radius 1 is 1.30 bits per heavy atom. The molecule has 1 unspecified atom stereocenters. The van der Waals surface area contributed by atoms with Crippen LogP contribution in [0.25, 0.3) is 5.52 Å². The summed E-state index contributed by atoms with van der Waals surface area (Å²) >= 11 is 0. The van der Waals surface area contributed by atoms with Crippen molar-refractivity contribution < 1.29 is 9.90 Å². The fourth-order valence-corrected chi connectivity index (χ4v) is 4.33. The van der Waals surface area contributed by atoms with Crippen LogP contribution in [0.2, 0.25) is 0 Å². The molecule has 5 nitrogen and oxygen atoms in total. The molecule has 2 heterocycles. The highest BCUT2D eigenvalue weighted by Crippen LogP contribution is 2.40. The number of aryl methyl sites for hydroxylation is 1. The minimum absolute atomic E-state index is 0.0598. The van der Waals surface area contributed by atoms with Crippen molar-refractivity contribution in [1.29, 1.82) is 5.26 Å². The van der Waals surface area contributed by atoms with Crippen molar-refractivity contribution in [2.75, 3.05) is 0 Å². The number of fused-ring (bicyclic) bond motifs is 1. The maximum Gasteiger partial charge on any atom is 0.136 e. The molecule has 0 amide bonds. The number of carbonyl (C=O) groups excluding carboxylic acids is 1. The minimum atomic E-state index is -1.15. The fourth-order valence-electron chi connectivity index (χ4n) is 4.33. The van der Waals surface area contributed by atoms with Gasteiger partial charge in [-0.25, -0.2) is 4.52 Å². The summed E-state index contributed by atoms with van der Waals surface area (Å²) in [4.78, 5) is 12.5. The number of aliphatic hydroxyl groups is 1. The van der Waals surface area contributed by atoms with Gasteiger partial charge in [0.25, 0.3) is 0 Å². The summed E-state index contributed by atoms with van der Waals surface area (Å²) in [6, 6.07) is 15.3. The largest absolute Gasteiger partial charge is 0.385 e. The Morgan fingerprint density at radius 3 is 2.73 bits per heavy atom. The van der Waals surface area contributed by atoms with E-state index in [-0.39, 0.29) is 12.2 Å². The third kappa shape index (κ3) is 4.15. The SMILES string of the molecule is CC(O)(CC(=O)CCCc1nn2ccc(C#N)cc2c1C1CCC1)c1ccccc1. The first-order valence-corrected chi connectivity index (χ1v) is 10.7. The molecule has 1 fully saturated rings. The number of ketones is 1. The first-order valence-electron chi connectivity index (χ1n) is 10.7. The number of pyridine rings is 1. The van der Waals surface area contributed by atoms with Crippen molar-refractivity contribution in [3.63, 3.8) is 0 Å². The van der Waals surface area contributed by atoms with Gasteiger partial charge in [0.15, 0.2) is 0 Å². The molecule has 0 bridgehead atoms. The van der Waals surface area contributed by atoms with Crippen LogP contribution in [-0.4, -0.2) is 20.5 Å². The molecular formula is C25H27N3O2. The van der Waals surface area contributed by atoms with Gasteiger partial charge in [-0.05, 0) is 56.2 Å². The van der Waals surface area contributed by atoms with E-state index in [0.717, 1.165) is 36.0 Å². The number of hydrogen-bond acceptors (Lipinski definition) is 4. The summed E-state index contributed by atoms with van der Waals surface area (Å²) in [5, 5.41) is 24.7. The monoisotopic (exact) mass is 401 g/mol. The topological polar surface area (TPSA) is 78.4 Å². The van der Waals surface area contributed by atoms with E-state index in [2.05, 4.69) is 6.07 Å². The van der Waals surface area contributed by atoms with Gasteiger partial charge < -0.3 is 5.11 Å². The quantitative estimate of drug-likeness (QED) is 0.595. The average Bonchev–Trinajstić information content (AvgIpc) is 3.04. The Kier molecular flexibility index (Phi) is 5.69. The third-order valence-corrected chi connectivity index (χ3v) is 6.20. The third-order valence-electron chi connectivity index (χ3n) is 6.20. The van der Waals surface area contributed by atoms with Gasteiger partial charge in [0.05, 0.1) is 28.4 Å².